The molecule has 0 fully saturated rings. The molecule has 0 aliphatic heterocycles. The lowest BCUT2D eigenvalue weighted by Gasteiger charge is -2.04. The fourth-order valence-electron chi connectivity index (χ4n) is 3.65. The number of carbonyl (C=O) groups excluding carboxylic acids is 1. The lowest BCUT2D eigenvalue weighted by atomic mass is 10.0. The van der Waals surface area contributed by atoms with E-state index in [1.165, 1.54) is 52.7 Å². The topological polar surface area (TPSA) is 29.1 Å². The van der Waals surface area contributed by atoms with Gasteiger partial charge in [0, 0.05) is 6.54 Å². The van der Waals surface area contributed by atoms with E-state index < -0.39 is 0 Å². The Morgan fingerprint density at radius 2 is 0.886 bits per heavy atom. The number of hydrogen-bond donors (Lipinski definition) is 1. The Balaban J connectivity index is 4.11. The maximum atomic E-state index is 11.3. The number of halogens is 1. The fourth-order valence-corrected chi connectivity index (χ4v) is 3.92. The Hall–Kier alpha value is -1.36. The van der Waals surface area contributed by atoms with Gasteiger partial charge in [0.25, 0.3) is 0 Å². The van der Waals surface area contributed by atoms with Crippen LogP contribution in [0.5, 0.6) is 0 Å². The lowest BCUT2D eigenvalue weighted by molar-refractivity contribution is -0.118. The smallest absolute Gasteiger partial charge is 0.230 e. The molecule has 0 aliphatic carbocycles. The first-order chi connectivity index (χ1) is 16.6. The van der Waals surface area contributed by atoms with Crippen LogP contribution in [0, 0.1) is 0 Å². The van der Waals surface area contributed by atoms with Gasteiger partial charge in [-0.2, -0.15) is 0 Å². The van der Waals surface area contributed by atoms with Crippen LogP contribution in [0.2, 0.25) is 0 Å². The van der Waals surface area contributed by atoms with Crippen LogP contribution < -0.4 is 5.32 Å². The Labute approximate surface area is 231 Å². The van der Waals surface area contributed by atoms with Gasteiger partial charge in [-0.05, 0) is 113 Å². The van der Waals surface area contributed by atoms with Crippen LogP contribution in [0.1, 0.15) is 113 Å². The fraction of sp³-hybridized carbons (Fsp3) is 0.594. The zero-order chi connectivity index (χ0) is 26.5. The molecule has 0 rings (SSSR count). The number of rotatable bonds is 18. The van der Waals surface area contributed by atoms with Crippen LogP contribution in [0.3, 0.4) is 0 Å². The second-order valence-corrected chi connectivity index (χ2v) is 10.9. The molecule has 198 valence electrons. The summed E-state index contributed by atoms with van der Waals surface area (Å²) in [4.78, 5) is 11.3. The summed E-state index contributed by atoms with van der Waals surface area (Å²) in [6, 6.07) is 0. The summed E-state index contributed by atoms with van der Waals surface area (Å²) in [5.41, 5.74) is 8.63. The number of unbranched alkanes of at least 4 members (excludes halogenated alkanes) is 1. The van der Waals surface area contributed by atoms with E-state index >= 15 is 0 Å². The predicted molar refractivity (Wildman–Crippen MR) is 166 cm³/mol. The van der Waals surface area contributed by atoms with Crippen LogP contribution >= 0.6 is 22.6 Å². The van der Waals surface area contributed by atoms with Gasteiger partial charge in [-0.3, -0.25) is 4.79 Å². The van der Waals surface area contributed by atoms with Crippen LogP contribution in [0.15, 0.2) is 69.9 Å². The van der Waals surface area contributed by atoms with Crippen molar-refractivity contribution in [3.8, 4) is 0 Å². The Morgan fingerprint density at radius 3 is 1.26 bits per heavy atom. The van der Waals surface area contributed by atoms with Gasteiger partial charge in [0.1, 0.15) is 0 Å². The molecule has 0 aromatic heterocycles. The van der Waals surface area contributed by atoms with Crippen molar-refractivity contribution in [3.05, 3.63) is 69.9 Å². The van der Waals surface area contributed by atoms with Crippen molar-refractivity contribution < 1.29 is 4.79 Å². The molecule has 2 nitrogen and oxygen atoms in total. The van der Waals surface area contributed by atoms with Crippen molar-refractivity contribution in [2.75, 3.05) is 11.0 Å². The maximum Gasteiger partial charge on any atom is 0.230 e. The number of hydrogen-bond acceptors (Lipinski definition) is 1. The maximum absolute atomic E-state index is 11.3. The van der Waals surface area contributed by atoms with Crippen LogP contribution in [0.4, 0.5) is 0 Å². The van der Waals surface area contributed by atoms with Crippen LogP contribution in [-0.2, 0) is 4.79 Å². The van der Waals surface area contributed by atoms with Gasteiger partial charge in [0.05, 0.1) is 4.43 Å². The molecule has 1 N–H and O–H groups in total. The molecule has 0 saturated carbocycles. The highest BCUT2D eigenvalue weighted by atomic mass is 127. The average Bonchev–Trinajstić information content (AvgIpc) is 2.80. The van der Waals surface area contributed by atoms with Gasteiger partial charge < -0.3 is 5.32 Å². The first-order valence-corrected chi connectivity index (χ1v) is 14.9. The molecular weight excluding hydrogens is 541 g/mol. The molecule has 3 heteroatoms. The second-order valence-electron chi connectivity index (χ2n) is 10.2. The molecule has 1 amide bonds. The van der Waals surface area contributed by atoms with Crippen molar-refractivity contribution in [2.45, 2.75) is 113 Å². The molecule has 0 heterocycles. The van der Waals surface area contributed by atoms with E-state index in [2.05, 4.69) is 113 Å². The minimum atomic E-state index is 0.105. The molecule has 0 unspecified atom stereocenters. The molecule has 0 radical (unpaired) electrons. The largest absolute Gasteiger partial charge is 0.352 e. The van der Waals surface area contributed by atoms with E-state index in [-0.39, 0.29) is 5.91 Å². The number of carbonyl (C=O) groups is 1. The molecule has 0 spiro atoms. The predicted octanol–water partition coefficient (Wildman–Crippen LogP) is 10.1. The summed E-state index contributed by atoms with van der Waals surface area (Å²) >= 11 is 2.09. The van der Waals surface area contributed by atoms with Crippen molar-refractivity contribution in [1.82, 2.24) is 5.32 Å². The summed E-state index contributed by atoms with van der Waals surface area (Å²) in [7, 11) is 0. The van der Waals surface area contributed by atoms with Gasteiger partial charge in [0.2, 0.25) is 5.91 Å². The van der Waals surface area contributed by atoms with Gasteiger partial charge in [-0.1, -0.05) is 92.5 Å². The van der Waals surface area contributed by atoms with E-state index in [0.29, 0.717) is 11.0 Å². The van der Waals surface area contributed by atoms with E-state index in [1.807, 2.05) is 0 Å². The van der Waals surface area contributed by atoms with Crippen molar-refractivity contribution >= 4 is 28.5 Å². The number of amides is 1. The summed E-state index contributed by atoms with van der Waals surface area (Å²) in [5, 5.41) is 2.92. The summed E-state index contributed by atoms with van der Waals surface area (Å²) in [6.45, 7) is 16.1. The van der Waals surface area contributed by atoms with Crippen LogP contribution in [-0.4, -0.2) is 16.9 Å². The molecular formula is C32H52INO. The van der Waals surface area contributed by atoms with E-state index in [0.717, 1.165) is 44.9 Å². The average molecular weight is 594 g/mol. The highest BCUT2D eigenvalue weighted by molar-refractivity contribution is 14.1. The summed E-state index contributed by atoms with van der Waals surface area (Å²) < 4.78 is 0.520. The van der Waals surface area contributed by atoms with Crippen molar-refractivity contribution in [2.24, 2.45) is 0 Å². The zero-order valence-electron chi connectivity index (χ0n) is 23.7. The van der Waals surface area contributed by atoms with Crippen molar-refractivity contribution in [3.63, 3.8) is 0 Å². The van der Waals surface area contributed by atoms with E-state index in [9.17, 15) is 4.79 Å². The third-order valence-electron chi connectivity index (χ3n) is 6.02. The summed E-state index contributed by atoms with van der Waals surface area (Å²) in [5.74, 6) is 0.105. The Kier molecular flexibility index (Phi) is 21.0. The molecule has 0 atom stereocenters. The van der Waals surface area contributed by atoms with Crippen molar-refractivity contribution in [1.29, 1.82) is 0 Å². The summed E-state index contributed by atoms with van der Waals surface area (Å²) in [6.07, 6.45) is 25.6. The SMILES string of the molecule is CC(C)=CCC/C(C)=C/CC/C(C)=C/CC/C=C(\C)CC/C=C(\C)CC/C=C(\C)CNC(=O)CI. The molecule has 0 aromatic rings. The van der Waals surface area contributed by atoms with Gasteiger partial charge in [0.15, 0.2) is 0 Å². The van der Waals surface area contributed by atoms with Gasteiger partial charge >= 0.3 is 0 Å². The first-order valence-electron chi connectivity index (χ1n) is 13.4. The number of allylic oxidation sites excluding steroid dienone is 11. The highest BCUT2D eigenvalue weighted by Gasteiger charge is 1.98. The third-order valence-corrected chi connectivity index (χ3v) is 6.72. The number of alkyl halides is 1. The van der Waals surface area contributed by atoms with Crippen LogP contribution in [0.25, 0.3) is 0 Å². The monoisotopic (exact) mass is 593 g/mol. The quantitative estimate of drug-likeness (QED) is 0.0729. The van der Waals surface area contributed by atoms with E-state index in [1.54, 1.807) is 0 Å². The zero-order valence-corrected chi connectivity index (χ0v) is 25.9. The second kappa shape index (κ2) is 21.9. The standard InChI is InChI=1S/C32H52INO/c1-26(2)14-10-17-29(5)20-11-18-27(3)15-8-9-16-28(4)19-12-21-30(6)22-13-23-31(7)25-34-32(35)24-33/h14-16,20-21,23H,8-13,17-19,22,24-25H2,1-7H3,(H,34,35)/b27-15+,28-16+,29-20+,30-21+,31-23+. The highest BCUT2D eigenvalue weighted by Crippen LogP contribution is 2.14. The molecule has 0 aromatic carbocycles. The molecule has 0 saturated heterocycles. The molecule has 0 bridgehead atoms. The third kappa shape index (κ3) is 22.8. The van der Waals surface area contributed by atoms with Gasteiger partial charge in [-0.25, -0.2) is 0 Å². The van der Waals surface area contributed by atoms with E-state index in [4.69, 9.17) is 0 Å². The first kappa shape index (κ1) is 33.6. The normalized spacial score (nSPS) is 13.8. The minimum Gasteiger partial charge on any atom is -0.352 e. The molecule has 35 heavy (non-hydrogen) atoms. The number of nitrogens with one attached hydrogen (secondary N) is 1. The Bertz CT molecular complexity index is 788. The minimum absolute atomic E-state index is 0.105. The molecule has 0 aliphatic rings. The Morgan fingerprint density at radius 1 is 0.543 bits per heavy atom. The van der Waals surface area contributed by atoms with Gasteiger partial charge in [-0.15, -0.1) is 0 Å². The lowest BCUT2D eigenvalue weighted by Crippen LogP contribution is -2.25.